The number of nitrogens with zero attached hydrogens (tertiary/aromatic N) is 1. The quantitative estimate of drug-likeness (QED) is 0.738. The van der Waals surface area contributed by atoms with Crippen molar-refractivity contribution in [1.29, 1.82) is 0 Å². The average Bonchev–Trinajstić information content (AvgIpc) is 2.02. The summed E-state index contributed by atoms with van der Waals surface area (Å²) in [5, 5.41) is -0.334. The van der Waals surface area contributed by atoms with E-state index in [9.17, 15) is 8.42 Å². The minimum absolute atomic E-state index is 0.0474. The van der Waals surface area contributed by atoms with Gasteiger partial charge in [-0.2, -0.15) is 4.31 Å². The van der Waals surface area contributed by atoms with Crippen molar-refractivity contribution in [2.45, 2.75) is 50.9 Å². The molecular formula is C9H20N2O2S. The van der Waals surface area contributed by atoms with E-state index in [1.54, 1.807) is 18.2 Å². The summed E-state index contributed by atoms with van der Waals surface area (Å²) in [5.74, 6) is 0. The highest BCUT2D eigenvalue weighted by Gasteiger charge is 2.33. The van der Waals surface area contributed by atoms with Crippen LogP contribution in [0.1, 0.15) is 33.6 Å². The largest absolute Gasteiger partial charge is 0.328 e. The van der Waals surface area contributed by atoms with Crippen LogP contribution in [0.4, 0.5) is 0 Å². The maximum absolute atomic E-state index is 11.9. The number of hydrogen-bond acceptors (Lipinski definition) is 3. The predicted molar refractivity (Wildman–Crippen MR) is 57.4 cm³/mol. The summed E-state index contributed by atoms with van der Waals surface area (Å²) >= 11 is 0. The molecule has 2 atom stereocenters. The van der Waals surface area contributed by atoms with Gasteiger partial charge >= 0.3 is 0 Å². The second kappa shape index (κ2) is 4.16. The normalized spacial score (nSPS) is 30.9. The lowest BCUT2D eigenvalue weighted by atomic mass is 10.0. The van der Waals surface area contributed by atoms with E-state index < -0.39 is 10.0 Å². The Morgan fingerprint density at radius 2 is 2.00 bits per heavy atom. The summed E-state index contributed by atoms with van der Waals surface area (Å²) in [6, 6.07) is 0.203. The van der Waals surface area contributed by atoms with Gasteiger partial charge in [-0.15, -0.1) is 0 Å². The summed E-state index contributed by atoms with van der Waals surface area (Å²) in [7, 11) is -3.09. The van der Waals surface area contributed by atoms with Gasteiger partial charge in [-0.05, 0) is 33.6 Å². The highest BCUT2D eigenvalue weighted by molar-refractivity contribution is 7.89. The highest BCUT2D eigenvalue weighted by Crippen LogP contribution is 2.21. The van der Waals surface area contributed by atoms with Crippen molar-refractivity contribution in [3.05, 3.63) is 0 Å². The Balaban J connectivity index is 2.79. The maximum atomic E-state index is 11.9. The molecule has 4 nitrogen and oxygen atoms in total. The fourth-order valence-corrected chi connectivity index (χ4v) is 3.33. The molecule has 0 amide bonds. The van der Waals surface area contributed by atoms with Crippen molar-refractivity contribution in [1.82, 2.24) is 4.31 Å². The summed E-state index contributed by atoms with van der Waals surface area (Å²) in [4.78, 5) is 0. The van der Waals surface area contributed by atoms with Crippen LogP contribution in [0.5, 0.6) is 0 Å². The summed E-state index contributed by atoms with van der Waals surface area (Å²) in [6.45, 7) is 5.94. The van der Waals surface area contributed by atoms with Crippen LogP contribution >= 0.6 is 0 Å². The first-order chi connectivity index (χ1) is 6.35. The van der Waals surface area contributed by atoms with Gasteiger partial charge in [0, 0.05) is 18.6 Å². The van der Waals surface area contributed by atoms with Crippen LogP contribution < -0.4 is 5.73 Å². The number of hydrogen-bond donors (Lipinski definition) is 1. The van der Waals surface area contributed by atoms with Crippen LogP contribution in [0.3, 0.4) is 0 Å². The SMILES string of the molecule is CC1CC(N)CCN1S(=O)(=O)C(C)C. The molecule has 5 heteroatoms. The summed E-state index contributed by atoms with van der Waals surface area (Å²) in [6.07, 6.45) is 1.54. The zero-order valence-electron chi connectivity index (χ0n) is 9.10. The molecule has 2 N–H and O–H groups in total. The second-order valence-corrected chi connectivity index (χ2v) is 6.78. The van der Waals surface area contributed by atoms with Crippen LogP contribution in [-0.2, 0) is 10.0 Å². The minimum Gasteiger partial charge on any atom is -0.328 e. The van der Waals surface area contributed by atoms with E-state index in [4.69, 9.17) is 5.73 Å². The van der Waals surface area contributed by atoms with Crippen molar-refractivity contribution in [3.8, 4) is 0 Å². The van der Waals surface area contributed by atoms with Crippen LogP contribution in [-0.4, -0.2) is 36.6 Å². The third-order valence-electron chi connectivity index (χ3n) is 2.78. The molecule has 1 rings (SSSR count). The van der Waals surface area contributed by atoms with Gasteiger partial charge < -0.3 is 5.73 Å². The van der Waals surface area contributed by atoms with Crippen molar-refractivity contribution >= 4 is 10.0 Å². The van der Waals surface area contributed by atoms with Gasteiger partial charge in [0.15, 0.2) is 0 Å². The fourth-order valence-electron chi connectivity index (χ4n) is 1.84. The molecule has 0 aliphatic carbocycles. The molecule has 1 saturated heterocycles. The van der Waals surface area contributed by atoms with Crippen LogP contribution in [0.2, 0.25) is 0 Å². The first-order valence-corrected chi connectivity index (χ1v) is 6.62. The molecule has 0 aromatic heterocycles. The van der Waals surface area contributed by atoms with Gasteiger partial charge in [0.1, 0.15) is 0 Å². The molecule has 2 unspecified atom stereocenters. The summed E-state index contributed by atoms with van der Waals surface area (Å²) in [5.41, 5.74) is 5.79. The molecule has 0 aromatic carbocycles. The highest BCUT2D eigenvalue weighted by atomic mass is 32.2. The Morgan fingerprint density at radius 3 is 2.43 bits per heavy atom. The molecule has 0 aromatic rings. The monoisotopic (exact) mass is 220 g/mol. The molecule has 1 aliphatic rings. The van der Waals surface area contributed by atoms with Crippen molar-refractivity contribution < 1.29 is 8.42 Å². The Hall–Kier alpha value is -0.130. The predicted octanol–water partition coefficient (Wildman–Crippen LogP) is 0.536. The minimum atomic E-state index is -3.09. The van der Waals surface area contributed by atoms with E-state index in [1.807, 2.05) is 6.92 Å². The molecule has 0 saturated carbocycles. The Kier molecular flexibility index (Phi) is 3.55. The van der Waals surface area contributed by atoms with Gasteiger partial charge in [0.2, 0.25) is 10.0 Å². The third kappa shape index (κ3) is 2.27. The lowest BCUT2D eigenvalue weighted by Gasteiger charge is -2.36. The first kappa shape index (κ1) is 11.9. The third-order valence-corrected chi connectivity index (χ3v) is 5.17. The van der Waals surface area contributed by atoms with Crippen molar-refractivity contribution in [2.75, 3.05) is 6.54 Å². The molecule has 84 valence electrons. The Bertz CT molecular complexity index is 287. The van der Waals surface area contributed by atoms with E-state index in [0.29, 0.717) is 6.54 Å². The van der Waals surface area contributed by atoms with Gasteiger partial charge in [-0.25, -0.2) is 8.42 Å². The zero-order chi connectivity index (χ0) is 10.9. The second-order valence-electron chi connectivity index (χ2n) is 4.34. The van der Waals surface area contributed by atoms with Crippen LogP contribution in [0.25, 0.3) is 0 Å². The van der Waals surface area contributed by atoms with Crippen molar-refractivity contribution in [2.24, 2.45) is 5.73 Å². The maximum Gasteiger partial charge on any atom is 0.216 e. The van der Waals surface area contributed by atoms with Gasteiger partial charge in [0.05, 0.1) is 5.25 Å². The molecule has 0 spiro atoms. The van der Waals surface area contributed by atoms with E-state index in [2.05, 4.69) is 0 Å². The Morgan fingerprint density at radius 1 is 1.43 bits per heavy atom. The number of piperidine rings is 1. The van der Waals surface area contributed by atoms with Crippen LogP contribution in [0.15, 0.2) is 0 Å². The summed E-state index contributed by atoms with van der Waals surface area (Å²) < 4.78 is 25.4. The van der Waals surface area contributed by atoms with E-state index in [0.717, 1.165) is 12.8 Å². The van der Waals surface area contributed by atoms with Gasteiger partial charge in [-0.3, -0.25) is 0 Å². The topological polar surface area (TPSA) is 63.4 Å². The molecule has 1 aliphatic heterocycles. The van der Waals surface area contributed by atoms with Crippen LogP contribution in [0, 0.1) is 0 Å². The molecule has 1 heterocycles. The van der Waals surface area contributed by atoms with E-state index in [1.165, 1.54) is 0 Å². The van der Waals surface area contributed by atoms with E-state index in [-0.39, 0.29) is 17.3 Å². The molecular weight excluding hydrogens is 200 g/mol. The van der Waals surface area contributed by atoms with E-state index >= 15 is 0 Å². The standard InChI is InChI=1S/C9H20N2O2S/c1-7(2)14(12,13)11-5-4-9(10)6-8(11)3/h7-9H,4-6,10H2,1-3H3. The zero-order valence-corrected chi connectivity index (χ0v) is 9.92. The molecule has 0 bridgehead atoms. The molecule has 1 fully saturated rings. The number of nitrogens with two attached hydrogens (primary N) is 1. The number of rotatable bonds is 2. The lowest BCUT2D eigenvalue weighted by molar-refractivity contribution is 0.245. The Labute approximate surface area is 86.5 Å². The first-order valence-electron chi connectivity index (χ1n) is 5.12. The lowest BCUT2D eigenvalue weighted by Crippen LogP contribution is -2.50. The fraction of sp³-hybridized carbons (Fsp3) is 1.00. The van der Waals surface area contributed by atoms with Gasteiger partial charge in [0.25, 0.3) is 0 Å². The number of sulfonamides is 1. The van der Waals surface area contributed by atoms with Crippen molar-refractivity contribution in [3.63, 3.8) is 0 Å². The molecule has 0 radical (unpaired) electrons. The smallest absolute Gasteiger partial charge is 0.216 e. The van der Waals surface area contributed by atoms with Gasteiger partial charge in [-0.1, -0.05) is 0 Å². The molecule has 14 heavy (non-hydrogen) atoms. The average molecular weight is 220 g/mol.